The molecule has 0 spiro atoms. The Morgan fingerprint density at radius 1 is 1.36 bits per heavy atom. The van der Waals surface area contributed by atoms with Crippen molar-refractivity contribution >= 4 is 5.91 Å². The first-order valence-electron chi connectivity index (χ1n) is 5.26. The predicted molar refractivity (Wildman–Crippen MR) is 59.9 cm³/mol. The number of carbonyl (C=O) groups is 1. The fourth-order valence-corrected chi connectivity index (χ4v) is 1.42. The van der Waals surface area contributed by atoms with E-state index in [1.54, 1.807) is 0 Å². The molecule has 0 aromatic carbocycles. The summed E-state index contributed by atoms with van der Waals surface area (Å²) in [6.07, 6.45) is 0.835. The first-order chi connectivity index (χ1) is 6.26. The van der Waals surface area contributed by atoms with Crippen LogP contribution in [0.1, 0.15) is 41.0 Å². The summed E-state index contributed by atoms with van der Waals surface area (Å²) in [5, 5.41) is 2.90. The molecule has 1 atom stereocenters. The minimum Gasteiger partial charge on any atom is -0.354 e. The van der Waals surface area contributed by atoms with Crippen LogP contribution in [0.15, 0.2) is 0 Å². The lowest BCUT2D eigenvalue weighted by Crippen LogP contribution is -2.40. The molecule has 0 radical (unpaired) electrons. The molecule has 3 nitrogen and oxygen atoms in total. The fourth-order valence-electron chi connectivity index (χ4n) is 1.42. The molecule has 3 heteroatoms. The summed E-state index contributed by atoms with van der Waals surface area (Å²) in [6, 6.07) is 0.191. The van der Waals surface area contributed by atoms with Gasteiger partial charge >= 0.3 is 0 Å². The highest BCUT2D eigenvalue weighted by atomic mass is 16.1. The van der Waals surface area contributed by atoms with Gasteiger partial charge in [-0.05, 0) is 25.7 Å². The Morgan fingerprint density at radius 2 is 1.86 bits per heavy atom. The van der Waals surface area contributed by atoms with Crippen LogP contribution >= 0.6 is 0 Å². The highest BCUT2D eigenvalue weighted by Crippen LogP contribution is 2.23. The Balaban J connectivity index is 4.20. The van der Waals surface area contributed by atoms with Gasteiger partial charge in [-0.15, -0.1) is 0 Å². The van der Waals surface area contributed by atoms with Gasteiger partial charge in [-0.3, -0.25) is 4.79 Å². The van der Waals surface area contributed by atoms with E-state index >= 15 is 0 Å². The summed E-state index contributed by atoms with van der Waals surface area (Å²) in [5.41, 5.74) is 5.75. The summed E-state index contributed by atoms with van der Waals surface area (Å²) in [5.74, 6) is 0.0230. The van der Waals surface area contributed by atoms with Crippen LogP contribution in [-0.2, 0) is 4.79 Å². The van der Waals surface area contributed by atoms with Gasteiger partial charge in [0.05, 0.1) is 5.92 Å². The third-order valence-electron chi connectivity index (χ3n) is 1.95. The summed E-state index contributed by atoms with van der Waals surface area (Å²) in [7, 11) is 0. The van der Waals surface area contributed by atoms with Gasteiger partial charge in [-0.2, -0.15) is 0 Å². The minimum absolute atomic E-state index is 0.0580. The number of amides is 1. The van der Waals surface area contributed by atoms with Crippen molar-refractivity contribution in [1.29, 1.82) is 0 Å². The van der Waals surface area contributed by atoms with E-state index in [2.05, 4.69) is 26.1 Å². The van der Waals surface area contributed by atoms with E-state index in [-0.39, 0.29) is 23.3 Å². The first kappa shape index (κ1) is 13.4. The van der Waals surface area contributed by atoms with Crippen LogP contribution in [0.4, 0.5) is 0 Å². The largest absolute Gasteiger partial charge is 0.354 e. The molecule has 1 amide bonds. The molecule has 0 aromatic rings. The van der Waals surface area contributed by atoms with Gasteiger partial charge in [0.2, 0.25) is 5.91 Å². The second-order valence-electron chi connectivity index (χ2n) is 5.36. The maximum absolute atomic E-state index is 11.7. The second-order valence-corrected chi connectivity index (χ2v) is 5.36. The lowest BCUT2D eigenvalue weighted by Gasteiger charge is -2.25. The number of hydrogen-bond acceptors (Lipinski definition) is 2. The molecule has 14 heavy (non-hydrogen) atoms. The van der Waals surface area contributed by atoms with E-state index in [1.165, 1.54) is 0 Å². The molecule has 0 bridgehead atoms. The lowest BCUT2D eigenvalue weighted by atomic mass is 9.84. The highest BCUT2D eigenvalue weighted by molar-refractivity contribution is 5.79. The summed E-state index contributed by atoms with van der Waals surface area (Å²) >= 11 is 0. The van der Waals surface area contributed by atoms with Crippen molar-refractivity contribution in [2.75, 3.05) is 6.54 Å². The lowest BCUT2D eigenvalue weighted by molar-refractivity contribution is -0.126. The van der Waals surface area contributed by atoms with Gasteiger partial charge < -0.3 is 11.1 Å². The van der Waals surface area contributed by atoms with Crippen molar-refractivity contribution in [1.82, 2.24) is 5.32 Å². The number of rotatable bonds is 4. The summed E-state index contributed by atoms with van der Waals surface area (Å²) < 4.78 is 0. The molecule has 0 aliphatic rings. The topological polar surface area (TPSA) is 55.1 Å². The van der Waals surface area contributed by atoms with Crippen LogP contribution in [0, 0.1) is 11.3 Å². The second kappa shape index (κ2) is 5.35. The van der Waals surface area contributed by atoms with Crippen LogP contribution < -0.4 is 11.1 Å². The van der Waals surface area contributed by atoms with Crippen molar-refractivity contribution in [2.45, 2.75) is 47.1 Å². The highest BCUT2D eigenvalue weighted by Gasteiger charge is 2.23. The molecule has 84 valence electrons. The molecule has 0 aliphatic carbocycles. The molecular weight excluding hydrogens is 176 g/mol. The Kier molecular flexibility index (Phi) is 5.13. The molecule has 0 aliphatic heterocycles. The molecule has 0 saturated carbocycles. The monoisotopic (exact) mass is 200 g/mol. The Labute approximate surface area is 87.4 Å². The third kappa shape index (κ3) is 5.97. The normalized spacial score (nSPS) is 14.2. The minimum atomic E-state index is -0.0580. The first-order valence-corrected chi connectivity index (χ1v) is 5.26. The van der Waals surface area contributed by atoms with Crippen molar-refractivity contribution in [3.8, 4) is 0 Å². The molecule has 0 aromatic heterocycles. The SMILES string of the molecule is CC(C)NC(=O)C(CN)CC(C)(C)C. The third-order valence-corrected chi connectivity index (χ3v) is 1.95. The smallest absolute Gasteiger partial charge is 0.224 e. The molecule has 0 heterocycles. The number of nitrogens with two attached hydrogens (primary N) is 1. The fraction of sp³-hybridized carbons (Fsp3) is 0.909. The molecule has 1 unspecified atom stereocenters. The summed E-state index contributed by atoms with van der Waals surface area (Å²) in [6.45, 7) is 10.7. The zero-order valence-electron chi connectivity index (χ0n) is 10.1. The number of nitrogens with one attached hydrogen (secondary N) is 1. The Hall–Kier alpha value is -0.570. The quantitative estimate of drug-likeness (QED) is 0.723. The zero-order valence-corrected chi connectivity index (χ0v) is 10.1. The zero-order chi connectivity index (χ0) is 11.4. The van der Waals surface area contributed by atoms with Gasteiger partial charge in [0, 0.05) is 12.6 Å². The van der Waals surface area contributed by atoms with Crippen molar-refractivity contribution in [3.63, 3.8) is 0 Å². The van der Waals surface area contributed by atoms with E-state index in [0.717, 1.165) is 6.42 Å². The average Bonchev–Trinajstić information content (AvgIpc) is 1.96. The van der Waals surface area contributed by atoms with Gasteiger partial charge in [-0.1, -0.05) is 20.8 Å². The van der Waals surface area contributed by atoms with E-state index < -0.39 is 0 Å². The van der Waals surface area contributed by atoms with Gasteiger partial charge in [0.25, 0.3) is 0 Å². The molecule has 0 rings (SSSR count). The van der Waals surface area contributed by atoms with Crippen LogP contribution in [0.25, 0.3) is 0 Å². The van der Waals surface area contributed by atoms with Gasteiger partial charge in [0.1, 0.15) is 0 Å². The molecular formula is C11H24N2O. The molecule has 3 N–H and O–H groups in total. The predicted octanol–water partition coefficient (Wildman–Crippen LogP) is 1.52. The molecule has 0 fully saturated rings. The average molecular weight is 200 g/mol. The number of hydrogen-bond donors (Lipinski definition) is 2. The van der Waals surface area contributed by atoms with Crippen LogP contribution in [0.3, 0.4) is 0 Å². The standard InChI is InChI=1S/C11H24N2O/c1-8(2)13-10(14)9(7-12)6-11(3,4)5/h8-9H,6-7,12H2,1-5H3,(H,13,14). The van der Waals surface area contributed by atoms with E-state index in [9.17, 15) is 4.79 Å². The summed E-state index contributed by atoms with van der Waals surface area (Å²) in [4.78, 5) is 11.7. The van der Waals surface area contributed by atoms with Gasteiger partial charge in [0.15, 0.2) is 0 Å². The van der Waals surface area contributed by atoms with E-state index in [1.807, 2.05) is 13.8 Å². The van der Waals surface area contributed by atoms with Crippen LogP contribution in [0.5, 0.6) is 0 Å². The maximum Gasteiger partial charge on any atom is 0.224 e. The van der Waals surface area contributed by atoms with Crippen LogP contribution in [-0.4, -0.2) is 18.5 Å². The molecule has 0 saturated heterocycles. The Bertz CT molecular complexity index is 182. The Morgan fingerprint density at radius 3 is 2.14 bits per heavy atom. The van der Waals surface area contributed by atoms with E-state index in [4.69, 9.17) is 5.73 Å². The van der Waals surface area contributed by atoms with Crippen LogP contribution in [0.2, 0.25) is 0 Å². The van der Waals surface area contributed by atoms with E-state index in [0.29, 0.717) is 6.54 Å². The number of carbonyl (C=O) groups excluding carboxylic acids is 1. The van der Waals surface area contributed by atoms with Crippen molar-refractivity contribution in [3.05, 3.63) is 0 Å². The van der Waals surface area contributed by atoms with Crippen molar-refractivity contribution < 1.29 is 4.79 Å². The van der Waals surface area contributed by atoms with Gasteiger partial charge in [-0.25, -0.2) is 0 Å². The maximum atomic E-state index is 11.7. The van der Waals surface area contributed by atoms with Crippen molar-refractivity contribution in [2.24, 2.45) is 17.1 Å².